The lowest BCUT2D eigenvalue weighted by Gasteiger charge is -2.42. The van der Waals surface area contributed by atoms with Crippen molar-refractivity contribution >= 4 is 41.0 Å². The van der Waals surface area contributed by atoms with E-state index in [1.165, 1.54) is 12.3 Å². The van der Waals surface area contributed by atoms with E-state index in [9.17, 15) is 27.6 Å². The van der Waals surface area contributed by atoms with E-state index < -0.39 is 35.1 Å². The summed E-state index contributed by atoms with van der Waals surface area (Å²) in [6.07, 6.45) is -1.72. The molecule has 2 unspecified atom stereocenters. The summed E-state index contributed by atoms with van der Waals surface area (Å²) in [5, 5.41) is 2.58. The SMILES string of the molecule is CC1CC(c2ncc(-c3ccc(-c4cc(Cl)c(NC(=O)c5ccc(N6CCN(C(=O)C(C)(C)C)C[C@H]6C)nc5)cc4OC(F)(F)F)cc3)[nH]2)N(C(=O)OC(C)(C)C)C1. The van der Waals surface area contributed by atoms with Crippen molar-refractivity contribution in [3.63, 3.8) is 0 Å². The fraction of sp³-hybridized carbons (Fsp3) is 0.452. The van der Waals surface area contributed by atoms with Crippen molar-refractivity contribution in [2.75, 3.05) is 36.4 Å². The first kappa shape index (κ1) is 42.3. The molecule has 2 aromatic heterocycles. The van der Waals surface area contributed by atoms with Crippen LogP contribution in [0, 0.1) is 11.3 Å². The molecule has 2 fully saturated rings. The van der Waals surface area contributed by atoms with Gasteiger partial charge in [0, 0.05) is 55.5 Å². The van der Waals surface area contributed by atoms with Crippen LogP contribution in [0.2, 0.25) is 5.02 Å². The van der Waals surface area contributed by atoms with Crippen molar-refractivity contribution < 1.29 is 37.0 Å². The number of pyridine rings is 1. The second-order valence-corrected chi connectivity index (χ2v) is 17.4. The van der Waals surface area contributed by atoms with Crippen LogP contribution in [0.4, 0.5) is 29.5 Å². The first-order valence-corrected chi connectivity index (χ1v) is 19.5. The molecule has 2 aliphatic rings. The number of alkyl halides is 3. The Bertz CT molecular complexity index is 2150. The van der Waals surface area contributed by atoms with Gasteiger partial charge in [0.15, 0.2) is 0 Å². The summed E-state index contributed by atoms with van der Waals surface area (Å²) >= 11 is 6.58. The summed E-state index contributed by atoms with van der Waals surface area (Å²) < 4.78 is 51.2. The van der Waals surface area contributed by atoms with E-state index in [1.807, 2.05) is 53.4 Å². The van der Waals surface area contributed by atoms with Crippen LogP contribution in [0.5, 0.6) is 5.75 Å². The third-order valence-corrected chi connectivity index (χ3v) is 10.3. The molecule has 310 valence electrons. The topological polar surface area (TPSA) is 133 Å². The summed E-state index contributed by atoms with van der Waals surface area (Å²) in [4.78, 5) is 57.0. The fourth-order valence-corrected chi connectivity index (χ4v) is 7.45. The number of amides is 3. The number of ether oxygens (including phenoxy) is 2. The van der Waals surface area contributed by atoms with Gasteiger partial charge in [-0.2, -0.15) is 0 Å². The Morgan fingerprint density at radius 2 is 1.59 bits per heavy atom. The first-order valence-electron chi connectivity index (χ1n) is 19.1. The van der Waals surface area contributed by atoms with Gasteiger partial charge in [-0.3, -0.25) is 14.5 Å². The maximum atomic E-state index is 13.7. The predicted molar refractivity (Wildman–Crippen MR) is 216 cm³/mol. The molecule has 0 radical (unpaired) electrons. The number of piperazine rings is 1. The second-order valence-electron chi connectivity index (χ2n) is 17.0. The van der Waals surface area contributed by atoms with Gasteiger partial charge in [0.25, 0.3) is 5.91 Å². The molecule has 2 saturated heterocycles. The monoisotopic (exact) mass is 823 g/mol. The van der Waals surface area contributed by atoms with Crippen LogP contribution in [0.3, 0.4) is 0 Å². The summed E-state index contributed by atoms with van der Waals surface area (Å²) in [6.45, 7) is 17.3. The number of H-pyrrole nitrogens is 1. The highest BCUT2D eigenvalue weighted by molar-refractivity contribution is 6.34. The average molecular weight is 824 g/mol. The van der Waals surface area contributed by atoms with Crippen molar-refractivity contribution in [1.29, 1.82) is 0 Å². The molecule has 2 aromatic carbocycles. The van der Waals surface area contributed by atoms with E-state index in [1.54, 1.807) is 47.5 Å². The van der Waals surface area contributed by atoms with Gasteiger partial charge < -0.3 is 29.6 Å². The van der Waals surface area contributed by atoms with Crippen molar-refractivity contribution in [2.24, 2.45) is 11.3 Å². The molecular weight excluding hydrogens is 775 g/mol. The second kappa shape index (κ2) is 16.1. The zero-order valence-corrected chi connectivity index (χ0v) is 34.6. The van der Waals surface area contributed by atoms with E-state index >= 15 is 0 Å². The van der Waals surface area contributed by atoms with Crippen LogP contribution in [0.15, 0.2) is 60.9 Å². The van der Waals surface area contributed by atoms with Crippen LogP contribution in [0.25, 0.3) is 22.4 Å². The highest BCUT2D eigenvalue weighted by Gasteiger charge is 2.39. The maximum Gasteiger partial charge on any atom is 0.573 e. The van der Waals surface area contributed by atoms with Crippen LogP contribution >= 0.6 is 11.6 Å². The lowest BCUT2D eigenvalue weighted by molar-refractivity contribution is -0.274. The van der Waals surface area contributed by atoms with Crippen molar-refractivity contribution in [3.8, 4) is 28.1 Å². The highest BCUT2D eigenvalue weighted by Crippen LogP contribution is 2.41. The maximum absolute atomic E-state index is 13.7. The van der Waals surface area contributed by atoms with Gasteiger partial charge in [-0.05, 0) is 69.4 Å². The Hall–Kier alpha value is -5.31. The van der Waals surface area contributed by atoms with Gasteiger partial charge in [0.05, 0.1) is 34.2 Å². The largest absolute Gasteiger partial charge is 0.573 e. The molecule has 0 aliphatic carbocycles. The molecule has 0 saturated carbocycles. The Balaban J connectivity index is 1.17. The summed E-state index contributed by atoms with van der Waals surface area (Å²) in [7, 11) is 0. The third kappa shape index (κ3) is 9.86. The van der Waals surface area contributed by atoms with Crippen LogP contribution in [-0.2, 0) is 9.53 Å². The number of aromatic nitrogens is 3. The number of benzene rings is 2. The Kier molecular flexibility index (Phi) is 11.8. The predicted octanol–water partition coefficient (Wildman–Crippen LogP) is 9.34. The molecule has 16 heteroatoms. The number of nitrogens with one attached hydrogen (secondary N) is 2. The molecule has 0 bridgehead atoms. The average Bonchev–Trinajstić information content (AvgIpc) is 3.78. The van der Waals surface area contributed by atoms with E-state index in [-0.39, 0.29) is 45.7 Å². The molecule has 0 spiro atoms. The number of rotatable bonds is 7. The van der Waals surface area contributed by atoms with E-state index in [0.717, 1.165) is 6.07 Å². The minimum Gasteiger partial charge on any atom is -0.444 e. The van der Waals surface area contributed by atoms with Crippen LogP contribution < -0.4 is 15.0 Å². The number of carbonyl (C=O) groups excluding carboxylic acids is 3. The van der Waals surface area contributed by atoms with E-state index in [4.69, 9.17) is 16.3 Å². The van der Waals surface area contributed by atoms with Crippen LogP contribution in [-0.4, -0.2) is 86.8 Å². The fourth-order valence-electron chi connectivity index (χ4n) is 7.23. The molecule has 4 aromatic rings. The molecule has 12 nitrogen and oxygen atoms in total. The Morgan fingerprint density at radius 3 is 2.19 bits per heavy atom. The molecule has 3 amide bonds. The first-order chi connectivity index (χ1) is 27.1. The number of anilines is 2. The molecule has 3 atom stereocenters. The summed E-state index contributed by atoms with van der Waals surface area (Å²) in [6, 6.07) is 12.0. The van der Waals surface area contributed by atoms with Gasteiger partial charge >= 0.3 is 12.5 Å². The van der Waals surface area contributed by atoms with Gasteiger partial charge in [0.2, 0.25) is 5.91 Å². The Labute approximate surface area is 341 Å². The van der Waals surface area contributed by atoms with Crippen LogP contribution in [0.1, 0.15) is 84.0 Å². The number of halogens is 4. The van der Waals surface area contributed by atoms with Gasteiger partial charge in [0.1, 0.15) is 23.0 Å². The molecule has 4 heterocycles. The minimum atomic E-state index is -5.04. The Morgan fingerprint density at radius 1 is 0.897 bits per heavy atom. The van der Waals surface area contributed by atoms with Crippen molar-refractivity contribution in [3.05, 3.63) is 77.3 Å². The normalized spacial score (nSPS) is 19.0. The van der Waals surface area contributed by atoms with Gasteiger partial charge in [-0.25, -0.2) is 14.8 Å². The standard InChI is InChI=1S/C42H49ClF3N7O5/c1-24-17-33(53(22-24)39(56)58-41(6,7)8)36-48-21-32(49-36)27-11-9-26(10-12-27)29-18-30(43)31(19-34(29)57-42(44,45)46)50-37(54)28-13-14-35(47-20-28)52-16-15-51(23-25(52)2)38(55)40(3,4)5/h9-14,18-21,24-25,33H,15-17,22-23H2,1-8H3,(H,48,49)(H,50,54)/t24?,25-,33?/m1/s1. The highest BCUT2D eigenvalue weighted by atomic mass is 35.5. The molecule has 6 rings (SSSR count). The number of likely N-dealkylation sites (tertiary alicyclic amines) is 1. The number of imidazole rings is 1. The zero-order valence-electron chi connectivity index (χ0n) is 33.8. The van der Waals surface area contributed by atoms with Gasteiger partial charge in [-0.15, -0.1) is 13.2 Å². The van der Waals surface area contributed by atoms with Gasteiger partial charge in [-0.1, -0.05) is 63.6 Å². The quantitative estimate of drug-likeness (QED) is 0.189. The van der Waals surface area contributed by atoms with E-state index in [0.29, 0.717) is 61.1 Å². The van der Waals surface area contributed by atoms with Crippen molar-refractivity contribution in [2.45, 2.75) is 85.9 Å². The zero-order chi connectivity index (χ0) is 42.3. The smallest absolute Gasteiger partial charge is 0.444 e. The molecule has 2 N–H and O–H groups in total. The number of carbonyl (C=O) groups is 3. The molecule has 58 heavy (non-hydrogen) atoms. The van der Waals surface area contributed by atoms with E-state index in [2.05, 4.69) is 36.8 Å². The molecule has 2 aliphatic heterocycles. The number of hydrogen-bond acceptors (Lipinski definition) is 8. The lowest BCUT2D eigenvalue weighted by Crippen LogP contribution is -2.56. The molecular formula is C42H49ClF3N7O5. The minimum absolute atomic E-state index is 0.0124. The lowest BCUT2D eigenvalue weighted by atomic mass is 9.94. The number of nitrogens with zero attached hydrogens (tertiary/aromatic N) is 5. The summed E-state index contributed by atoms with van der Waals surface area (Å²) in [5.41, 5.74) is 0.727. The van der Waals surface area contributed by atoms with Crippen molar-refractivity contribution in [1.82, 2.24) is 24.8 Å². The summed E-state index contributed by atoms with van der Waals surface area (Å²) in [5.74, 6) is 0.352. The number of hydrogen-bond donors (Lipinski definition) is 2. The third-order valence-electron chi connectivity index (χ3n) is 9.96. The number of aromatic amines is 1.